The van der Waals surface area contributed by atoms with Crippen molar-refractivity contribution in [3.05, 3.63) is 35.3 Å². The Morgan fingerprint density at radius 2 is 1.70 bits per heavy atom. The first-order valence-corrected chi connectivity index (χ1v) is 7.36. The molecule has 0 spiro atoms. The lowest BCUT2D eigenvalue weighted by atomic mass is 9.77. The van der Waals surface area contributed by atoms with E-state index in [4.69, 9.17) is 9.31 Å². The fraction of sp³-hybridized carbons (Fsp3) is 0.500. The number of hydrogen-bond donors (Lipinski definition) is 1. The zero-order valence-corrected chi connectivity index (χ0v) is 13.7. The predicted molar refractivity (Wildman–Crippen MR) is 84.2 cm³/mol. The van der Waals surface area contributed by atoms with Crippen molar-refractivity contribution >= 4 is 13.2 Å². The van der Waals surface area contributed by atoms with Crippen molar-refractivity contribution in [1.82, 2.24) is 0 Å². The molecule has 126 valence electrons. The molecule has 1 aromatic carbocycles. The molecule has 0 aliphatic carbocycles. The number of aliphatic hydroxyl groups excluding tert-OH is 1. The van der Waals surface area contributed by atoms with Crippen LogP contribution in [0.3, 0.4) is 0 Å². The molecule has 0 saturated carbocycles. The predicted octanol–water partition coefficient (Wildman–Crippen LogP) is 3.30. The minimum atomic E-state index is -2.85. The van der Waals surface area contributed by atoms with Gasteiger partial charge >= 0.3 is 13.7 Å². The maximum Gasteiger partial charge on any atom is 0.492 e. The first-order valence-electron chi connectivity index (χ1n) is 7.36. The molecular weight excluding hydrogens is 305 g/mol. The first-order chi connectivity index (χ1) is 10.6. The van der Waals surface area contributed by atoms with Gasteiger partial charge in [0.25, 0.3) is 0 Å². The van der Waals surface area contributed by atoms with Gasteiger partial charge in [-0.25, -0.2) is 0 Å². The van der Waals surface area contributed by atoms with Gasteiger partial charge in [-0.05, 0) is 50.9 Å². The van der Waals surface area contributed by atoms with Crippen LogP contribution < -0.4 is 4.74 Å². The van der Waals surface area contributed by atoms with Crippen LogP contribution in [0.15, 0.2) is 29.7 Å². The molecule has 1 aliphatic rings. The molecule has 1 heterocycles. The maximum atomic E-state index is 12.1. The molecule has 1 N–H and O–H groups in total. The zero-order chi connectivity index (χ0) is 17.3. The Morgan fingerprint density at radius 1 is 1.17 bits per heavy atom. The molecule has 0 unspecified atom stereocenters. The average molecular weight is 326 g/mol. The summed E-state index contributed by atoms with van der Waals surface area (Å²) < 4.78 is 40.4. The highest BCUT2D eigenvalue weighted by atomic mass is 19.3. The molecule has 23 heavy (non-hydrogen) atoms. The minimum Gasteiger partial charge on any atom is -0.435 e. The monoisotopic (exact) mass is 326 g/mol. The van der Waals surface area contributed by atoms with Gasteiger partial charge in [0.05, 0.1) is 17.8 Å². The zero-order valence-electron chi connectivity index (χ0n) is 13.7. The summed E-state index contributed by atoms with van der Waals surface area (Å²) in [5, 5.41) is 9.61. The summed E-state index contributed by atoms with van der Waals surface area (Å²) in [6.45, 7) is 4.63. The standard InChI is InChI=1S/C16H21BF2O4/c1-15(2)16(3,4)23-17(22-15)12(10-20)9-11-5-7-13(8-6-11)21-14(18)19/h5-9,14,20H,10H2,1-4H3. The lowest BCUT2D eigenvalue weighted by Crippen LogP contribution is -2.41. The molecule has 1 aliphatic heterocycles. The van der Waals surface area contributed by atoms with Crippen LogP contribution in [0.25, 0.3) is 6.08 Å². The molecule has 0 atom stereocenters. The molecule has 0 radical (unpaired) electrons. The number of aliphatic hydroxyl groups is 1. The largest absolute Gasteiger partial charge is 0.492 e. The topological polar surface area (TPSA) is 47.9 Å². The van der Waals surface area contributed by atoms with Crippen molar-refractivity contribution in [2.75, 3.05) is 6.61 Å². The van der Waals surface area contributed by atoms with Gasteiger partial charge in [-0.3, -0.25) is 0 Å². The van der Waals surface area contributed by atoms with Crippen LogP contribution in [-0.2, 0) is 9.31 Å². The van der Waals surface area contributed by atoms with Gasteiger partial charge in [0.15, 0.2) is 0 Å². The normalized spacial score (nSPS) is 20.2. The number of hydrogen-bond acceptors (Lipinski definition) is 4. The number of rotatable bonds is 5. The minimum absolute atomic E-state index is 0.0818. The third-order valence-corrected chi connectivity index (χ3v) is 4.20. The molecule has 1 saturated heterocycles. The highest BCUT2D eigenvalue weighted by Gasteiger charge is 2.52. The number of halogens is 2. The van der Waals surface area contributed by atoms with E-state index in [0.717, 1.165) is 5.56 Å². The van der Waals surface area contributed by atoms with Gasteiger partial charge in [0, 0.05) is 0 Å². The van der Waals surface area contributed by atoms with Crippen molar-refractivity contribution < 1.29 is 27.9 Å². The van der Waals surface area contributed by atoms with E-state index in [-0.39, 0.29) is 12.4 Å². The highest BCUT2D eigenvalue weighted by Crippen LogP contribution is 2.38. The molecular formula is C16H21BF2O4. The molecule has 1 aromatic rings. The van der Waals surface area contributed by atoms with E-state index < -0.39 is 24.9 Å². The number of alkyl halides is 2. The third kappa shape index (κ3) is 4.10. The summed E-state index contributed by atoms with van der Waals surface area (Å²) in [4.78, 5) is 0. The summed E-state index contributed by atoms with van der Waals surface area (Å²) >= 11 is 0. The summed E-state index contributed by atoms with van der Waals surface area (Å²) in [5.74, 6) is 0.0818. The summed E-state index contributed by atoms with van der Waals surface area (Å²) in [6.07, 6.45) is 1.72. The van der Waals surface area contributed by atoms with Gasteiger partial charge < -0.3 is 19.2 Å². The van der Waals surface area contributed by atoms with Gasteiger partial charge in [0.2, 0.25) is 0 Å². The molecule has 4 nitrogen and oxygen atoms in total. The quantitative estimate of drug-likeness (QED) is 0.844. The Morgan fingerprint density at radius 3 is 2.13 bits per heavy atom. The first kappa shape index (κ1) is 17.9. The molecule has 0 amide bonds. The smallest absolute Gasteiger partial charge is 0.435 e. The van der Waals surface area contributed by atoms with Crippen molar-refractivity contribution in [2.45, 2.75) is 45.5 Å². The maximum absolute atomic E-state index is 12.1. The SMILES string of the molecule is CC1(C)OB(C(=Cc2ccc(OC(F)F)cc2)CO)OC1(C)C. The highest BCUT2D eigenvalue weighted by molar-refractivity contribution is 6.55. The summed E-state index contributed by atoms with van der Waals surface area (Å²) in [7, 11) is -0.651. The second-order valence-corrected chi connectivity index (χ2v) is 6.41. The Kier molecular flexibility index (Phi) is 5.13. The van der Waals surface area contributed by atoms with Crippen LogP contribution in [0.1, 0.15) is 33.3 Å². The van der Waals surface area contributed by atoms with Crippen molar-refractivity contribution in [2.24, 2.45) is 0 Å². The Labute approximate surface area is 135 Å². The second kappa shape index (κ2) is 6.59. The lowest BCUT2D eigenvalue weighted by molar-refractivity contribution is -0.0498. The van der Waals surface area contributed by atoms with E-state index >= 15 is 0 Å². The number of benzene rings is 1. The van der Waals surface area contributed by atoms with Crippen LogP contribution in [-0.4, -0.2) is 36.6 Å². The molecule has 1 fully saturated rings. The van der Waals surface area contributed by atoms with Gasteiger partial charge in [-0.2, -0.15) is 8.78 Å². The average Bonchev–Trinajstić information content (AvgIpc) is 2.66. The third-order valence-electron chi connectivity index (χ3n) is 4.20. The Hall–Kier alpha value is -1.44. The van der Waals surface area contributed by atoms with E-state index in [0.29, 0.717) is 5.47 Å². The van der Waals surface area contributed by atoms with Gasteiger partial charge in [-0.15, -0.1) is 0 Å². The van der Waals surface area contributed by atoms with Crippen LogP contribution in [0.5, 0.6) is 5.75 Å². The Balaban J connectivity index is 2.16. The van der Waals surface area contributed by atoms with Gasteiger partial charge in [0.1, 0.15) is 5.75 Å². The second-order valence-electron chi connectivity index (χ2n) is 6.41. The summed E-state index contributed by atoms with van der Waals surface area (Å²) in [5.41, 5.74) is 0.290. The number of ether oxygens (including phenoxy) is 1. The molecule has 0 bridgehead atoms. The van der Waals surface area contributed by atoms with Crippen LogP contribution >= 0.6 is 0 Å². The van der Waals surface area contributed by atoms with Gasteiger partial charge in [-0.1, -0.05) is 18.2 Å². The molecule has 7 heteroatoms. The van der Waals surface area contributed by atoms with E-state index in [1.807, 2.05) is 27.7 Å². The van der Waals surface area contributed by atoms with E-state index in [1.165, 1.54) is 12.1 Å². The Bertz CT molecular complexity index is 554. The van der Waals surface area contributed by atoms with Crippen LogP contribution in [0.2, 0.25) is 0 Å². The van der Waals surface area contributed by atoms with Crippen molar-refractivity contribution in [1.29, 1.82) is 0 Å². The van der Waals surface area contributed by atoms with Crippen molar-refractivity contribution in [3.63, 3.8) is 0 Å². The van der Waals surface area contributed by atoms with E-state index in [9.17, 15) is 13.9 Å². The van der Waals surface area contributed by atoms with E-state index in [2.05, 4.69) is 4.74 Å². The fourth-order valence-corrected chi connectivity index (χ4v) is 2.14. The van der Waals surface area contributed by atoms with Crippen LogP contribution in [0, 0.1) is 0 Å². The van der Waals surface area contributed by atoms with E-state index in [1.54, 1.807) is 18.2 Å². The summed E-state index contributed by atoms with van der Waals surface area (Å²) in [6, 6.07) is 6.13. The van der Waals surface area contributed by atoms with Crippen molar-refractivity contribution in [3.8, 4) is 5.75 Å². The lowest BCUT2D eigenvalue weighted by Gasteiger charge is -2.32. The van der Waals surface area contributed by atoms with Crippen LogP contribution in [0.4, 0.5) is 8.78 Å². The fourth-order valence-electron chi connectivity index (χ4n) is 2.14. The molecule has 2 rings (SSSR count). The molecule has 0 aromatic heterocycles.